The lowest BCUT2D eigenvalue weighted by Gasteiger charge is -2.10. The highest BCUT2D eigenvalue weighted by Crippen LogP contribution is 2.22. The quantitative estimate of drug-likeness (QED) is 0.429. The van der Waals surface area contributed by atoms with E-state index in [4.69, 9.17) is 23.2 Å². The molecule has 0 rings (SSSR count). The summed E-state index contributed by atoms with van der Waals surface area (Å²) in [6.45, 7) is 2.12. The van der Waals surface area contributed by atoms with Crippen molar-refractivity contribution in [3.05, 3.63) is 0 Å². The van der Waals surface area contributed by atoms with Crippen LogP contribution in [-0.4, -0.2) is 12.1 Å². The van der Waals surface area contributed by atoms with Crippen LogP contribution in [0.3, 0.4) is 0 Å². The van der Waals surface area contributed by atoms with E-state index in [1.54, 1.807) is 0 Å². The van der Waals surface area contributed by atoms with Gasteiger partial charge in [0.1, 0.15) is 7.85 Å². The Bertz CT molecular complexity index is 57.9. The van der Waals surface area contributed by atoms with Crippen LogP contribution in [0.15, 0.2) is 0 Å². The molecule has 0 bridgehead atoms. The third-order valence-electron chi connectivity index (χ3n) is 0.969. The molecule has 0 atom stereocenters. The molecule has 0 aliphatic carbocycles. The zero-order valence-electron chi connectivity index (χ0n) is 5.38. The van der Waals surface area contributed by atoms with Crippen LogP contribution >= 0.6 is 23.2 Å². The summed E-state index contributed by atoms with van der Waals surface area (Å²) in [5.74, 6) is 0. The standard InChI is InChI=1S/C5H11BCl2/c1-2-3-4-5(6,7)8/h2-4,6H2,1H3. The lowest BCUT2D eigenvalue weighted by molar-refractivity contribution is 0.733. The van der Waals surface area contributed by atoms with Crippen molar-refractivity contribution in [1.82, 2.24) is 0 Å². The van der Waals surface area contributed by atoms with Crippen molar-refractivity contribution in [3.63, 3.8) is 0 Å². The SMILES string of the molecule is BC(Cl)(Cl)CCCC. The highest BCUT2D eigenvalue weighted by molar-refractivity contribution is 6.65. The number of hydrogen-bond donors (Lipinski definition) is 0. The largest absolute Gasteiger partial charge is 0.148 e. The topological polar surface area (TPSA) is 0 Å². The highest BCUT2D eigenvalue weighted by Gasteiger charge is 2.13. The van der Waals surface area contributed by atoms with Gasteiger partial charge in [0.25, 0.3) is 0 Å². The molecular formula is C5H11BCl2. The van der Waals surface area contributed by atoms with E-state index in [9.17, 15) is 0 Å². The molecule has 0 saturated carbocycles. The summed E-state index contributed by atoms with van der Waals surface area (Å²) in [6, 6.07) is 0. The van der Waals surface area contributed by atoms with Crippen LogP contribution in [0.5, 0.6) is 0 Å². The zero-order valence-corrected chi connectivity index (χ0v) is 6.89. The average molecular weight is 153 g/mol. The van der Waals surface area contributed by atoms with Crippen LogP contribution in [-0.2, 0) is 0 Å². The highest BCUT2D eigenvalue weighted by atomic mass is 35.5. The second-order valence-electron chi connectivity index (χ2n) is 2.17. The Balaban J connectivity index is 3.11. The van der Waals surface area contributed by atoms with Gasteiger partial charge in [-0.1, -0.05) is 19.8 Å². The molecule has 0 unspecified atom stereocenters. The van der Waals surface area contributed by atoms with Crippen LogP contribution in [0, 0.1) is 0 Å². The Hall–Kier alpha value is 0.645. The van der Waals surface area contributed by atoms with Crippen molar-refractivity contribution in [2.24, 2.45) is 0 Å². The maximum absolute atomic E-state index is 5.68. The van der Waals surface area contributed by atoms with Gasteiger partial charge in [0.2, 0.25) is 0 Å². The van der Waals surface area contributed by atoms with Gasteiger partial charge in [0.15, 0.2) is 0 Å². The predicted octanol–water partition coefficient (Wildman–Crippen LogP) is 1.94. The summed E-state index contributed by atoms with van der Waals surface area (Å²) in [5, 5.41) is 0. The molecule has 0 aromatic carbocycles. The molecule has 0 radical (unpaired) electrons. The number of unbranched alkanes of at least 4 members (excludes halogenated alkanes) is 1. The lowest BCUT2D eigenvalue weighted by atomic mass is 9.98. The average Bonchev–Trinajstić information content (AvgIpc) is 1.59. The molecule has 0 fully saturated rings. The summed E-state index contributed by atoms with van der Waals surface area (Å²) < 4.78 is -0.504. The number of halogens is 2. The fourth-order valence-electron chi connectivity index (χ4n) is 0.487. The predicted molar refractivity (Wildman–Crippen MR) is 42.5 cm³/mol. The molecule has 0 spiro atoms. The molecular weight excluding hydrogens is 142 g/mol. The summed E-state index contributed by atoms with van der Waals surface area (Å²) in [5.41, 5.74) is 0. The normalized spacial score (nSPS) is 11.9. The first-order valence-electron chi connectivity index (χ1n) is 2.94. The minimum absolute atomic E-state index is 0.504. The molecule has 8 heavy (non-hydrogen) atoms. The van der Waals surface area contributed by atoms with Gasteiger partial charge in [0, 0.05) is 0 Å². The van der Waals surface area contributed by atoms with Gasteiger partial charge in [-0.05, 0) is 6.42 Å². The molecule has 0 saturated heterocycles. The fourth-order valence-corrected chi connectivity index (χ4v) is 0.754. The molecule has 0 aromatic heterocycles. The van der Waals surface area contributed by atoms with E-state index < -0.39 is 4.23 Å². The van der Waals surface area contributed by atoms with E-state index in [0.29, 0.717) is 0 Å². The third-order valence-corrected chi connectivity index (χ3v) is 1.35. The van der Waals surface area contributed by atoms with E-state index in [2.05, 4.69) is 6.92 Å². The monoisotopic (exact) mass is 152 g/mol. The Kier molecular flexibility index (Phi) is 3.92. The first-order chi connectivity index (χ1) is 3.56. The van der Waals surface area contributed by atoms with E-state index >= 15 is 0 Å². The zero-order chi connectivity index (χ0) is 6.62. The van der Waals surface area contributed by atoms with Gasteiger partial charge in [-0.15, -0.1) is 23.2 Å². The van der Waals surface area contributed by atoms with E-state index in [0.717, 1.165) is 19.3 Å². The maximum atomic E-state index is 5.68. The summed E-state index contributed by atoms with van der Waals surface area (Å²) >= 11 is 11.4. The Morgan fingerprint density at radius 1 is 1.50 bits per heavy atom. The van der Waals surface area contributed by atoms with E-state index in [1.165, 1.54) is 0 Å². The molecule has 48 valence electrons. The van der Waals surface area contributed by atoms with Crippen molar-refractivity contribution in [2.75, 3.05) is 0 Å². The van der Waals surface area contributed by atoms with E-state index in [1.807, 2.05) is 7.85 Å². The smallest absolute Gasteiger partial charge is 0.112 e. The van der Waals surface area contributed by atoms with E-state index in [-0.39, 0.29) is 0 Å². The van der Waals surface area contributed by atoms with Crippen LogP contribution in [0.4, 0.5) is 0 Å². The van der Waals surface area contributed by atoms with Gasteiger partial charge < -0.3 is 0 Å². The Labute approximate surface area is 62.0 Å². The van der Waals surface area contributed by atoms with Crippen LogP contribution in [0.2, 0.25) is 0 Å². The summed E-state index contributed by atoms with van der Waals surface area (Å²) in [6.07, 6.45) is 3.17. The Morgan fingerprint density at radius 2 is 2.00 bits per heavy atom. The second-order valence-corrected chi connectivity index (χ2v) is 4.04. The van der Waals surface area contributed by atoms with Crippen LogP contribution < -0.4 is 0 Å². The van der Waals surface area contributed by atoms with Gasteiger partial charge in [-0.2, -0.15) is 0 Å². The molecule has 0 heterocycles. The minimum atomic E-state index is -0.504. The first-order valence-corrected chi connectivity index (χ1v) is 3.69. The van der Waals surface area contributed by atoms with Crippen molar-refractivity contribution < 1.29 is 0 Å². The van der Waals surface area contributed by atoms with Crippen LogP contribution in [0.1, 0.15) is 26.2 Å². The second kappa shape index (κ2) is 3.63. The summed E-state index contributed by atoms with van der Waals surface area (Å²) in [7, 11) is 1.83. The van der Waals surface area contributed by atoms with Gasteiger partial charge in [-0.25, -0.2) is 0 Å². The molecule has 3 heteroatoms. The number of hydrogen-bond acceptors (Lipinski definition) is 0. The summed E-state index contributed by atoms with van der Waals surface area (Å²) in [4.78, 5) is 0. The molecule has 0 N–H and O–H groups in total. The minimum Gasteiger partial charge on any atom is -0.112 e. The van der Waals surface area contributed by atoms with Gasteiger partial charge in [-0.3, -0.25) is 0 Å². The maximum Gasteiger partial charge on any atom is 0.148 e. The molecule has 0 aliphatic rings. The molecule has 0 aromatic rings. The van der Waals surface area contributed by atoms with Crippen molar-refractivity contribution in [3.8, 4) is 0 Å². The molecule has 0 nitrogen and oxygen atoms in total. The number of alkyl halides is 2. The fraction of sp³-hybridized carbons (Fsp3) is 1.00. The lowest BCUT2D eigenvalue weighted by Crippen LogP contribution is -2.10. The van der Waals surface area contributed by atoms with Crippen LogP contribution in [0.25, 0.3) is 0 Å². The Morgan fingerprint density at radius 3 is 2.12 bits per heavy atom. The third kappa shape index (κ3) is 6.64. The first kappa shape index (κ1) is 8.64. The number of rotatable bonds is 3. The van der Waals surface area contributed by atoms with Crippen molar-refractivity contribution in [1.29, 1.82) is 0 Å². The van der Waals surface area contributed by atoms with Crippen molar-refractivity contribution >= 4 is 31.0 Å². The van der Waals surface area contributed by atoms with Crippen molar-refractivity contribution in [2.45, 2.75) is 30.4 Å². The van der Waals surface area contributed by atoms with Gasteiger partial charge >= 0.3 is 0 Å². The van der Waals surface area contributed by atoms with Gasteiger partial charge in [0.05, 0.1) is 4.23 Å². The molecule has 0 amide bonds. The molecule has 0 aliphatic heterocycles.